The highest BCUT2D eigenvalue weighted by Gasteiger charge is 1.99. The predicted octanol–water partition coefficient (Wildman–Crippen LogP) is 3.06. The molecule has 2 aromatic rings. The fourth-order valence-electron chi connectivity index (χ4n) is 1.23. The highest BCUT2D eigenvalue weighted by molar-refractivity contribution is 9.10. The number of hydrogen-bond donors (Lipinski definition) is 1. The normalized spacial score (nSPS) is 10.3. The number of aromatic nitrogens is 2. The SMILES string of the molecule is Cc1cc(OCc2cn[nH]c2)ccc1Br. The van der Waals surface area contributed by atoms with E-state index in [-0.39, 0.29) is 0 Å². The van der Waals surface area contributed by atoms with Crippen LogP contribution >= 0.6 is 15.9 Å². The Morgan fingerprint density at radius 3 is 3.00 bits per heavy atom. The van der Waals surface area contributed by atoms with Gasteiger partial charge >= 0.3 is 0 Å². The molecule has 0 fully saturated rings. The average Bonchev–Trinajstić information content (AvgIpc) is 2.73. The van der Waals surface area contributed by atoms with Gasteiger partial charge in [0.2, 0.25) is 0 Å². The second kappa shape index (κ2) is 4.49. The summed E-state index contributed by atoms with van der Waals surface area (Å²) in [6.07, 6.45) is 3.58. The number of aryl methyl sites for hydroxylation is 1. The number of H-pyrrole nitrogens is 1. The molecule has 1 aromatic heterocycles. The molecule has 0 unspecified atom stereocenters. The number of halogens is 1. The van der Waals surface area contributed by atoms with Crippen molar-refractivity contribution in [2.45, 2.75) is 13.5 Å². The van der Waals surface area contributed by atoms with Gasteiger partial charge in [0.05, 0.1) is 6.20 Å². The smallest absolute Gasteiger partial charge is 0.120 e. The summed E-state index contributed by atoms with van der Waals surface area (Å²) in [5, 5.41) is 6.60. The van der Waals surface area contributed by atoms with Crippen LogP contribution in [-0.4, -0.2) is 10.2 Å². The molecule has 15 heavy (non-hydrogen) atoms. The van der Waals surface area contributed by atoms with Crippen LogP contribution in [0.5, 0.6) is 5.75 Å². The number of benzene rings is 1. The number of rotatable bonds is 3. The molecular formula is C11H11BrN2O. The Kier molecular flexibility index (Phi) is 3.06. The van der Waals surface area contributed by atoms with Crippen molar-refractivity contribution >= 4 is 15.9 Å². The molecule has 0 radical (unpaired) electrons. The Labute approximate surface area is 96.6 Å². The molecule has 0 atom stereocenters. The molecule has 2 rings (SSSR count). The molecule has 78 valence electrons. The lowest BCUT2D eigenvalue weighted by molar-refractivity contribution is 0.306. The molecule has 0 saturated carbocycles. The van der Waals surface area contributed by atoms with E-state index in [1.165, 1.54) is 5.56 Å². The zero-order valence-corrected chi connectivity index (χ0v) is 9.91. The van der Waals surface area contributed by atoms with Gasteiger partial charge in [0.15, 0.2) is 0 Å². The molecule has 4 heteroatoms. The summed E-state index contributed by atoms with van der Waals surface area (Å²) in [6.45, 7) is 2.58. The number of nitrogens with zero attached hydrogens (tertiary/aromatic N) is 1. The molecule has 1 N–H and O–H groups in total. The minimum absolute atomic E-state index is 0.539. The predicted molar refractivity (Wildman–Crippen MR) is 61.8 cm³/mol. The van der Waals surface area contributed by atoms with Gasteiger partial charge in [-0.05, 0) is 30.7 Å². The summed E-state index contributed by atoms with van der Waals surface area (Å²) in [7, 11) is 0. The van der Waals surface area contributed by atoms with Crippen molar-refractivity contribution in [3.63, 3.8) is 0 Å². The van der Waals surface area contributed by atoms with Gasteiger partial charge in [-0.2, -0.15) is 5.10 Å². The maximum absolute atomic E-state index is 5.61. The first-order valence-electron chi connectivity index (χ1n) is 4.62. The average molecular weight is 267 g/mol. The van der Waals surface area contributed by atoms with Crippen molar-refractivity contribution in [2.75, 3.05) is 0 Å². The van der Waals surface area contributed by atoms with E-state index in [9.17, 15) is 0 Å². The van der Waals surface area contributed by atoms with Crippen molar-refractivity contribution in [3.8, 4) is 5.75 Å². The number of aromatic amines is 1. The quantitative estimate of drug-likeness (QED) is 0.928. The van der Waals surface area contributed by atoms with Gasteiger partial charge in [-0.3, -0.25) is 5.10 Å². The first kappa shape index (κ1) is 10.2. The van der Waals surface area contributed by atoms with Crippen LogP contribution in [0, 0.1) is 6.92 Å². The van der Waals surface area contributed by atoms with Gasteiger partial charge in [0, 0.05) is 16.2 Å². The summed E-state index contributed by atoms with van der Waals surface area (Å²) >= 11 is 3.45. The Balaban J connectivity index is 2.02. The molecule has 0 aliphatic heterocycles. The molecule has 0 spiro atoms. The molecule has 3 nitrogen and oxygen atoms in total. The Morgan fingerprint density at radius 2 is 2.33 bits per heavy atom. The van der Waals surface area contributed by atoms with E-state index in [2.05, 4.69) is 26.1 Å². The monoisotopic (exact) mass is 266 g/mol. The van der Waals surface area contributed by atoms with Gasteiger partial charge in [-0.25, -0.2) is 0 Å². The van der Waals surface area contributed by atoms with Crippen LogP contribution in [0.15, 0.2) is 35.1 Å². The number of nitrogens with one attached hydrogen (secondary N) is 1. The molecule has 0 aliphatic carbocycles. The highest BCUT2D eigenvalue weighted by atomic mass is 79.9. The number of hydrogen-bond acceptors (Lipinski definition) is 2. The maximum atomic E-state index is 5.61. The lowest BCUT2D eigenvalue weighted by atomic mass is 10.2. The van der Waals surface area contributed by atoms with Crippen molar-refractivity contribution < 1.29 is 4.74 Å². The topological polar surface area (TPSA) is 37.9 Å². The third kappa shape index (κ3) is 2.59. The van der Waals surface area contributed by atoms with Crippen molar-refractivity contribution in [1.82, 2.24) is 10.2 Å². The summed E-state index contributed by atoms with van der Waals surface area (Å²) < 4.78 is 6.70. The van der Waals surface area contributed by atoms with Crippen LogP contribution < -0.4 is 4.74 Å². The van der Waals surface area contributed by atoms with Crippen LogP contribution in [0.1, 0.15) is 11.1 Å². The lowest BCUT2D eigenvalue weighted by Gasteiger charge is -2.06. The van der Waals surface area contributed by atoms with E-state index in [4.69, 9.17) is 4.74 Å². The molecule has 0 bridgehead atoms. The Morgan fingerprint density at radius 1 is 1.47 bits per heavy atom. The van der Waals surface area contributed by atoms with E-state index in [0.29, 0.717) is 6.61 Å². The summed E-state index contributed by atoms with van der Waals surface area (Å²) in [5.41, 5.74) is 2.20. The molecule has 1 heterocycles. The Bertz CT molecular complexity index is 440. The summed E-state index contributed by atoms with van der Waals surface area (Å²) in [5.74, 6) is 0.872. The van der Waals surface area contributed by atoms with E-state index >= 15 is 0 Å². The van der Waals surface area contributed by atoms with Gasteiger partial charge in [-0.1, -0.05) is 15.9 Å². The van der Waals surface area contributed by atoms with Gasteiger partial charge < -0.3 is 4.74 Å². The second-order valence-electron chi connectivity index (χ2n) is 3.31. The number of ether oxygens (including phenoxy) is 1. The van der Waals surface area contributed by atoms with Crippen molar-refractivity contribution in [1.29, 1.82) is 0 Å². The third-order valence-corrected chi connectivity index (χ3v) is 2.98. The van der Waals surface area contributed by atoms with Crippen LogP contribution in [0.2, 0.25) is 0 Å². The third-order valence-electron chi connectivity index (χ3n) is 2.09. The van der Waals surface area contributed by atoms with Gasteiger partial charge in [-0.15, -0.1) is 0 Å². The van der Waals surface area contributed by atoms with Crippen LogP contribution in [0.4, 0.5) is 0 Å². The standard InChI is InChI=1S/C11H11BrN2O/c1-8-4-10(2-3-11(8)12)15-7-9-5-13-14-6-9/h2-6H,7H2,1H3,(H,13,14). The van der Waals surface area contributed by atoms with Gasteiger partial charge in [0.25, 0.3) is 0 Å². The van der Waals surface area contributed by atoms with Crippen LogP contribution in [0.3, 0.4) is 0 Å². The highest BCUT2D eigenvalue weighted by Crippen LogP contribution is 2.22. The Hall–Kier alpha value is -1.29. The minimum Gasteiger partial charge on any atom is -0.489 e. The molecule has 0 amide bonds. The lowest BCUT2D eigenvalue weighted by Crippen LogP contribution is -1.94. The minimum atomic E-state index is 0.539. The summed E-state index contributed by atoms with van der Waals surface area (Å²) in [4.78, 5) is 0. The largest absolute Gasteiger partial charge is 0.489 e. The fourth-order valence-corrected chi connectivity index (χ4v) is 1.48. The van der Waals surface area contributed by atoms with E-state index in [1.54, 1.807) is 6.20 Å². The summed E-state index contributed by atoms with van der Waals surface area (Å²) in [6, 6.07) is 5.93. The molecule has 1 aromatic carbocycles. The fraction of sp³-hybridized carbons (Fsp3) is 0.182. The van der Waals surface area contributed by atoms with Crippen molar-refractivity contribution in [2.24, 2.45) is 0 Å². The van der Waals surface area contributed by atoms with Gasteiger partial charge in [0.1, 0.15) is 12.4 Å². The van der Waals surface area contributed by atoms with Crippen LogP contribution in [0.25, 0.3) is 0 Å². The first-order valence-corrected chi connectivity index (χ1v) is 5.41. The van der Waals surface area contributed by atoms with E-state index < -0.39 is 0 Å². The second-order valence-corrected chi connectivity index (χ2v) is 4.16. The molecule has 0 aliphatic rings. The first-order chi connectivity index (χ1) is 7.25. The zero-order chi connectivity index (χ0) is 10.7. The van der Waals surface area contributed by atoms with E-state index in [1.807, 2.05) is 31.3 Å². The zero-order valence-electron chi connectivity index (χ0n) is 8.33. The van der Waals surface area contributed by atoms with Crippen LogP contribution in [-0.2, 0) is 6.61 Å². The molecular weight excluding hydrogens is 256 g/mol. The van der Waals surface area contributed by atoms with E-state index in [0.717, 1.165) is 15.8 Å². The maximum Gasteiger partial charge on any atom is 0.120 e. The van der Waals surface area contributed by atoms with Crippen molar-refractivity contribution in [3.05, 3.63) is 46.2 Å². The molecule has 0 saturated heterocycles.